The van der Waals surface area contributed by atoms with Gasteiger partial charge in [0.25, 0.3) is 0 Å². The van der Waals surface area contributed by atoms with Crippen molar-refractivity contribution in [1.82, 2.24) is 20.4 Å². The van der Waals surface area contributed by atoms with Crippen molar-refractivity contribution < 1.29 is 0 Å². The lowest BCUT2D eigenvalue weighted by Crippen LogP contribution is -1.98. The highest BCUT2D eigenvalue weighted by Gasteiger charge is 2.04. The van der Waals surface area contributed by atoms with Gasteiger partial charge in [0.15, 0.2) is 5.82 Å². The van der Waals surface area contributed by atoms with Crippen LogP contribution in [0.15, 0.2) is 59.5 Å². The SMILES string of the molecule is Cc1nnc(-c2cccc(SCc3ccccc3)c2)nn1. The Morgan fingerprint density at radius 3 is 2.38 bits per heavy atom. The highest BCUT2D eigenvalue weighted by Crippen LogP contribution is 2.26. The summed E-state index contributed by atoms with van der Waals surface area (Å²) in [5.41, 5.74) is 2.25. The zero-order valence-electron chi connectivity index (χ0n) is 11.6. The van der Waals surface area contributed by atoms with Gasteiger partial charge in [-0.2, -0.15) is 0 Å². The zero-order chi connectivity index (χ0) is 14.5. The van der Waals surface area contributed by atoms with E-state index >= 15 is 0 Å². The fraction of sp³-hybridized carbons (Fsp3) is 0.125. The van der Waals surface area contributed by atoms with Crippen molar-refractivity contribution >= 4 is 11.8 Å². The van der Waals surface area contributed by atoms with Crippen LogP contribution in [-0.2, 0) is 5.75 Å². The van der Waals surface area contributed by atoms with Crippen LogP contribution in [0.25, 0.3) is 11.4 Å². The van der Waals surface area contributed by atoms with Crippen molar-refractivity contribution in [3.8, 4) is 11.4 Å². The van der Waals surface area contributed by atoms with E-state index in [0.717, 1.165) is 11.3 Å². The van der Waals surface area contributed by atoms with Gasteiger partial charge < -0.3 is 0 Å². The van der Waals surface area contributed by atoms with Gasteiger partial charge in [0.2, 0.25) is 5.82 Å². The summed E-state index contributed by atoms with van der Waals surface area (Å²) in [6.07, 6.45) is 0. The molecule has 1 heterocycles. The van der Waals surface area contributed by atoms with Gasteiger partial charge in [0, 0.05) is 16.2 Å². The second-order valence-electron chi connectivity index (χ2n) is 4.57. The van der Waals surface area contributed by atoms with Gasteiger partial charge in [-0.25, -0.2) is 0 Å². The number of thioether (sulfide) groups is 1. The molecule has 0 spiro atoms. The average molecular weight is 294 g/mol. The first-order chi connectivity index (χ1) is 10.3. The van der Waals surface area contributed by atoms with E-state index in [0.29, 0.717) is 11.6 Å². The molecule has 0 saturated heterocycles. The third-order valence-corrected chi connectivity index (χ3v) is 3.98. The van der Waals surface area contributed by atoms with Gasteiger partial charge in [-0.3, -0.25) is 0 Å². The molecule has 5 heteroatoms. The maximum absolute atomic E-state index is 4.08. The molecular formula is C16H14N4S. The summed E-state index contributed by atoms with van der Waals surface area (Å²) in [4.78, 5) is 1.18. The Morgan fingerprint density at radius 1 is 0.857 bits per heavy atom. The molecule has 1 aromatic heterocycles. The lowest BCUT2D eigenvalue weighted by molar-refractivity contribution is 0.816. The number of hydrogen-bond donors (Lipinski definition) is 0. The first-order valence-electron chi connectivity index (χ1n) is 6.62. The quantitative estimate of drug-likeness (QED) is 0.689. The largest absolute Gasteiger partial charge is 0.203 e. The molecule has 0 saturated carbocycles. The second kappa shape index (κ2) is 6.45. The minimum Gasteiger partial charge on any atom is -0.131 e. The molecule has 0 radical (unpaired) electrons. The van der Waals surface area contributed by atoms with E-state index in [2.05, 4.69) is 56.8 Å². The Hall–Kier alpha value is -2.27. The van der Waals surface area contributed by atoms with Crippen molar-refractivity contribution in [2.45, 2.75) is 17.6 Å². The minimum absolute atomic E-state index is 0.558. The van der Waals surface area contributed by atoms with Crippen molar-refractivity contribution in [2.24, 2.45) is 0 Å². The number of hydrogen-bond acceptors (Lipinski definition) is 5. The molecule has 0 N–H and O–H groups in total. The number of rotatable bonds is 4. The number of benzene rings is 2. The molecule has 2 aromatic carbocycles. The predicted molar refractivity (Wildman–Crippen MR) is 83.8 cm³/mol. The average Bonchev–Trinajstić information content (AvgIpc) is 2.55. The molecule has 0 fully saturated rings. The Kier molecular flexibility index (Phi) is 4.21. The molecule has 0 unspecified atom stereocenters. The van der Waals surface area contributed by atoms with Gasteiger partial charge in [0.05, 0.1) is 0 Å². The topological polar surface area (TPSA) is 51.6 Å². The summed E-state index contributed by atoms with van der Waals surface area (Å²) >= 11 is 1.79. The molecule has 21 heavy (non-hydrogen) atoms. The smallest absolute Gasteiger partial charge is 0.131 e. The summed E-state index contributed by atoms with van der Waals surface area (Å²) < 4.78 is 0. The first-order valence-corrected chi connectivity index (χ1v) is 7.61. The van der Waals surface area contributed by atoms with Crippen LogP contribution in [-0.4, -0.2) is 20.4 Å². The molecular weight excluding hydrogens is 280 g/mol. The molecule has 0 amide bonds. The van der Waals surface area contributed by atoms with Crippen molar-refractivity contribution in [2.75, 3.05) is 0 Å². The third kappa shape index (κ3) is 3.64. The van der Waals surface area contributed by atoms with Crippen molar-refractivity contribution in [3.05, 3.63) is 66.0 Å². The van der Waals surface area contributed by atoms with E-state index in [4.69, 9.17) is 0 Å². The maximum Gasteiger partial charge on any atom is 0.203 e. The van der Waals surface area contributed by atoms with Crippen LogP contribution in [0.3, 0.4) is 0 Å². The molecule has 104 valence electrons. The molecule has 0 atom stereocenters. The molecule has 0 aliphatic heterocycles. The fourth-order valence-corrected chi connectivity index (χ4v) is 2.77. The molecule has 3 aromatic rings. The monoisotopic (exact) mass is 294 g/mol. The summed E-state index contributed by atoms with van der Waals surface area (Å²) in [5.74, 6) is 2.08. The zero-order valence-corrected chi connectivity index (χ0v) is 12.4. The van der Waals surface area contributed by atoms with Gasteiger partial charge in [-0.15, -0.1) is 32.2 Å². The van der Waals surface area contributed by atoms with Crippen molar-refractivity contribution in [1.29, 1.82) is 0 Å². The third-order valence-electron chi connectivity index (χ3n) is 2.92. The molecule has 0 bridgehead atoms. The van der Waals surface area contributed by atoms with E-state index in [1.807, 2.05) is 18.2 Å². The van der Waals surface area contributed by atoms with Gasteiger partial charge >= 0.3 is 0 Å². The summed E-state index contributed by atoms with van der Waals surface area (Å²) in [7, 11) is 0. The van der Waals surface area contributed by atoms with E-state index in [1.165, 1.54) is 10.5 Å². The molecule has 4 nitrogen and oxygen atoms in total. The maximum atomic E-state index is 4.08. The number of aromatic nitrogens is 4. The van der Waals surface area contributed by atoms with E-state index < -0.39 is 0 Å². The van der Waals surface area contributed by atoms with Crippen LogP contribution in [0.1, 0.15) is 11.4 Å². The van der Waals surface area contributed by atoms with E-state index in [1.54, 1.807) is 18.7 Å². The van der Waals surface area contributed by atoms with Gasteiger partial charge in [-0.1, -0.05) is 42.5 Å². The van der Waals surface area contributed by atoms with E-state index in [9.17, 15) is 0 Å². The number of aryl methyl sites for hydroxylation is 1. The van der Waals surface area contributed by atoms with Crippen LogP contribution in [0, 0.1) is 6.92 Å². The van der Waals surface area contributed by atoms with Crippen LogP contribution in [0.5, 0.6) is 0 Å². The minimum atomic E-state index is 0.558. The van der Waals surface area contributed by atoms with E-state index in [-0.39, 0.29) is 0 Å². The Labute approximate surface area is 127 Å². The molecule has 0 aliphatic carbocycles. The van der Waals surface area contributed by atoms with Crippen LogP contribution in [0.2, 0.25) is 0 Å². The lowest BCUT2D eigenvalue weighted by Gasteiger charge is -2.04. The van der Waals surface area contributed by atoms with Crippen LogP contribution in [0.4, 0.5) is 0 Å². The van der Waals surface area contributed by atoms with Crippen molar-refractivity contribution in [3.63, 3.8) is 0 Å². The number of nitrogens with zero attached hydrogens (tertiary/aromatic N) is 4. The van der Waals surface area contributed by atoms with Crippen LogP contribution < -0.4 is 0 Å². The fourth-order valence-electron chi connectivity index (χ4n) is 1.86. The first kappa shape index (κ1) is 13.7. The van der Waals surface area contributed by atoms with Crippen LogP contribution >= 0.6 is 11.8 Å². The lowest BCUT2D eigenvalue weighted by atomic mass is 10.2. The molecule has 3 rings (SSSR count). The highest BCUT2D eigenvalue weighted by atomic mass is 32.2. The highest BCUT2D eigenvalue weighted by molar-refractivity contribution is 7.98. The molecule has 0 aliphatic rings. The van der Waals surface area contributed by atoms with Gasteiger partial charge in [-0.05, 0) is 24.6 Å². The second-order valence-corrected chi connectivity index (χ2v) is 5.62. The standard InChI is InChI=1S/C16H14N4S/c1-12-17-19-16(20-18-12)14-8-5-9-15(10-14)21-11-13-6-3-2-4-7-13/h2-10H,11H2,1H3. The Bertz CT molecular complexity index is 714. The Balaban J connectivity index is 1.75. The summed E-state index contributed by atoms with van der Waals surface area (Å²) in [5, 5.41) is 16.0. The predicted octanol–water partition coefficient (Wildman–Crippen LogP) is 3.53. The summed E-state index contributed by atoms with van der Waals surface area (Å²) in [6.45, 7) is 1.77. The summed E-state index contributed by atoms with van der Waals surface area (Å²) in [6, 6.07) is 18.6. The normalized spacial score (nSPS) is 10.5. The van der Waals surface area contributed by atoms with Gasteiger partial charge in [0.1, 0.15) is 0 Å². The Morgan fingerprint density at radius 2 is 1.62 bits per heavy atom.